The van der Waals surface area contributed by atoms with E-state index in [4.69, 9.17) is 9.47 Å². The first-order chi connectivity index (χ1) is 12.2. The van der Waals surface area contributed by atoms with Crippen LogP contribution in [0.4, 0.5) is 0 Å². The quantitative estimate of drug-likeness (QED) is 0.421. The van der Waals surface area contributed by atoms with Crippen molar-refractivity contribution < 1.29 is 9.47 Å². The van der Waals surface area contributed by atoms with Crippen LogP contribution in [-0.2, 0) is 18.3 Å². The van der Waals surface area contributed by atoms with Gasteiger partial charge in [-0.1, -0.05) is 12.1 Å². The van der Waals surface area contributed by atoms with E-state index < -0.39 is 0 Å². The zero-order valence-corrected chi connectivity index (χ0v) is 17.7. The lowest BCUT2D eigenvalue weighted by Gasteiger charge is -2.34. The van der Waals surface area contributed by atoms with Crippen LogP contribution in [0.25, 0.3) is 0 Å². The molecule has 1 fully saturated rings. The monoisotopic (exact) mass is 471 g/mol. The van der Waals surface area contributed by atoms with Gasteiger partial charge in [0.15, 0.2) is 5.96 Å². The molecule has 1 aromatic carbocycles. The fraction of sp³-hybridized carbons (Fsp3) is 0.444. The van der Waals surface area contributed by atoms with Crippen LogP contribution < -0.4 is 10.1 Å². The number of benzene rings is 1. The van der Waals surface area contributed by atoms with E-state index in [-0.39, 0.29) is 30.1 Å². The van der Waals surface area contributed by atoms with E-state index in [1.165, 1.54) is 5.56 Å². The fourth-order valence-corrected chi connectivity index (χ4v) is 2.91. The van der Waals surface area contributed by atoms with Gasteiger partial charge < -0.3 is 19.7 Å². The summed E-state index contributed by atoms with van der Waals surface area (Å²) in [6, 6.07) is 8.04. The highest BCUT2D eigenvalue weighted by molar-refractivity contribution is 14.0. The molecule has 0 radical (unpaired) electrons. The largest absolute Gasteiger partial charge is 0.497 e. The van der Waals surface area contributed by atoms with Crippen molar-refractivity contribution in [3.63, 3.8) is 0 Å². The van der Waals surface area contributed by atoms with Crippen LogP contribution in [0.5, 0.6) is 5.75 Å². The van der Waals surface area contributed by atoms with E-state index in [0.29, 0.717) is 13.2 Å². The number of nitrogens with zero attached hydrogens (tertiary/aromatic N) is 4. The molecule has 1 aliphatic heterocycles. The Bertz CT molecular complexity index is 717. The maximum atomic E-state index is 5.90. The van der Waals surface area contributed by atoms with Gasteiger partial charge in [-0.15, -0.1) is 24.0 Å². The van der Waals surface area contributed by atoms with Crippen LogP contribution in [0.15, 0.2) is 41.7 Å². The second kappa shape index (κ2) is 9.77. The smallest absolute Gasteiger partial charge is 0.194 e. The molecule has 0 amide bonds. The summed E-state index contributed by atoms with van der Waals surface area (Å²) >= 11 is 0. The summed E-state index contributed by atoms with van der Waals surface area (Å²) in [6.45, 7) is 2.96. The minimum Gasteiger partial charge on any atom is -0.497 e. The molecule has 2 heterocycles. The lowest BCUT2D eigenvalue weighted by molar-refractivity contribution is -0.00805. The SMILES string of the molecule is CN=C(NCc1ccc(OC)cc1)N1CCOC(c2cnn(C)c2)C1.I. The molecular formula is C18H26IN5O2. The molecular weight excluding hydrogens is 445 g/mol. The van der Waals surface area contributed by atoms with Crippen molar-refractivity contribution in [3.05, 3.63) is 47.8 Å². The number of aryl methyl sites for hydroxylation is 1. The number of halogens is 1. The van der Waals surface area contributed by atoms with E-state index in [2.05, 4.69) is 32.4 Å². The molecule has 1 saturated heterocycles. The van der Waals surface area contributed by atoms with Crippen molar-refractivity contribution in [2.24, 2.45) is 12.0 Å². The van der Waals surface area contributed by atoms with Crippen LogP contribution in [0, 0.1) is 0 Å². The molecule has 1 N–H and O–H groups in total. The van der Waals surface area contributed by atoms with Crippen LogP contribution >= 0.6 is 24.0 Å². The van der Waals surface area contributed by atoms with Gasteiger partial charge in [0.25, 0.3) is 0 Å². The molecule has 2 aromatic rings. The molecule has 0 spiro atoms. The van der Waals surface area contributed by atoms with E-state index in [1.807, 2.05) is 38.6 Å². The first kappa shape index (κ1) is 20.5. The van der Waals surface area contributed by atoms with Crippen molar-refractivity contribution in [2.75, 3.05) is 33.9 Å². The maximum Gasteiger partial charge on any atom is 0.194 e. The third-order valence-electron chi connectivity index (χ3n) is 4.28. The predicted octanol–water partition coefficient (Wildman–Crippen LogP) is 2.20. The summed E-state index contributed by atoms with van der Waals surface area (Å²) in [7, 11) is 5.40. The molecule has 1 unspecified atom stereocenters. The van der Waals surface area contributed by atoms with E-state index >= 15 is 0 Å². The number of methoxy groups -OCH3 is 1. The normalized spacial score (nSPS) is 17.6. The number of rotatable bonds is 4. The van der Waals surface area contributed by atoms with Gasteiger partial charge in [-0.05, 0) is 17.7 Å². The third kappa shape index (κ3) is 5.10. The molecule has 1 atom stereocenters. The van der Waals surface area contributed by atoms with Gasteiger partial charge in [0.1, 0.15) is 11.9 Å². The predicted molar refractivity (Wildman–Crippen MR) is 112 cm³/mol. The zero-order valence-electron chi connectivity index (χ0n) is 15.4. The average molecular weight is 471 g/mol. The van der Waals surface area contributed by atoms with Crippen molar-refractivity contribution >= 4 is 29.9 Å². The molecule has 1 aliphatic rings. The Morgan fingerprint density at radius 2 is 2.15 bits per heavy atom. The van der Waals surface area contributed by atoms with Crippen molar-refractivity contribution in [1.82, 2.24) is 20.0 Å². The van der Waals surface area contributed by atoms with Crippen molar-refractivity contribution in [1.29, 1.82) is 0 Å². The van der Waals surface area contributed by atoms with Gasteiger partial charge >= 0.3 is 0 Å². The number of morpholine rings is 1. The Morgan fingerprint density at radius 3 is 2.77 bits per heavy atom. The Morgan fingerprint density at radius 1 is 1.38 bits per heavy atom. The highest BCUT2D eigenvalue weighted by atomic mass is 127. The second-order valence-electron chi connectivity index (χ2n) is 6.00. The molecule has 0 bridgehead atoms. The van der Waals surface area contributed by atoms with Crippen LogP contribution in [0.2, 0.25) is 0 Å². The van der Waals surface area contributed by atoms with Crippen LogP contribution in [0.3, 0.4) is 0 Å². The maximum absolute atomic E-state index is 5.90. The van der Waals surface area contributed by atoms with Crippen LogP contribution in [-0.4, -0.2) is 54.5 Å². The van der Waals surface area contributed by atoms with Crippen molar-refractivity contribution in [2.45, 2.75) is 12.6 Å². The molecule has 7 nitrogen and oxygen atoms in total. The lowest BCUT2D eigenvalue weighted by Crippen LogP contribution is -2.47. The topological polar surface area (TPSA) is 63.9 Å². The number of aromatic nitrogens is 2. The molecule has 142 valence electrons. The first-order valence-corrected chi connectivity index (χ1v) is 8.38. The zero-order chi connectivity index (χ0) is 17.6. The number of guanidine groups is 1. The highest BCUT2D eigenvalue weighted by Gasteiger charge is 2.25. The van der Waals surface area contributed by atoms with Gasteiger partial charge in [0, 0.05) is 38.9 Å². The molecule has 0 saturated carbocycles. The van der Waals surface area contributed by atoms with Gasteiger partial charge in [0.05, 0.1) is 26.5 Å². The summed E-state index contributed by atoms with van der Waals surface area (Å²) in [5.74, 6) is 1.74. The summed E-state index contributed by atoms with van der Waals surface area (Å²) < 4.78 is 12.9. The van der Waals surface area contributed by atoms with E-state index in [0.717, 1.165) is 30.4 Å². The van der Waals surface area contributed by atoms with Gasteiger partial charge in [-0.3, -0.25) is 9.67 Å². The Kier molecular flexibility index (Phi) is 7.70. The molecule has 1 aromatic heterocycles. The minimum atomic E-state index is 0. The first-order valence-electron chi connectivity index (χ1n) is 8.38. The fourth-order valence-electron chi connectivity index (χ4n) is 2.91. The standard InChI is InChI=1S/C18H25N5O2.HI/c1-19-18(20-10-14-4-6-16(24-3)7-5-14)23-8-9-25-17(13-23)15-11-21-22(2)12-15;/h4-7,11-12,17H,8-10,13H2,1-3H3,(H,19,20);1H. The van der Waals surface area contributed by atoms with Gasteiger partial charge in [-0.25, -0.2) is 0 Å². The lowest BCUT2D eigenvalue weighted by atomic mass is 10.1. The molecule has 26 heavy (non-hydrogen) atoms. The van der Waals surface area contributed by atoms with Crippen molar-refractivity contribution in [3.8, 4) is 5.75 Å². The highest BCUT2D eigenvalue weighted by Crippen LogP contribution is 2.21. The second-order valence-corrected chi connectivity index (χ2v) is 6.00. The number of nitrogens with one attached hydrogen (secondary N) is 1. The van der Waals surface area contributed by atoms with Gasteiger partial charge in [-0.2, -0.15) is 5.10 Å². The Balaban J connectivity index is 0.00000243. The summed E-state index contributed by atoms with van der Waals surface area (Å²) in [4.78, 5) is 6.65. The van der Waals surface area contributed by atoms with Crippen LogP contribution in [0.1, 0.15) is 17.2 Å². The summed E-state index contributed by atoms with van der Waals surface area (Å²) in [6.07, 6.45) is 3.88. The van der Waals surface area contributed by atoms with E-state index in [1.54, 1.807) is 11.8 Å². The number of hydrogen-bond donors (Lipinski definition) is 1. The Hall–Kier alpha value is -1.81. The average Bonchev–Trinajstić information content (AvgIpc) is 3.09. The molecule has 8 heteroatoms. The van der Waals surface area contributed by atoms with Gasteiger partial charge in [0.2, 0.25) is 0 Å². The van der Waals surface area contributed by atoms with E-state index in [9.17, 15) is 0 Å². The number of hydrogen-bond acceptors (Lipinski definition) is 4. The third-order valence-corrected chi connectivity index (χ3v) is 4.28. The summed E-state index contributed by atoms with van der Waals surface area (Å²) in [5.41, 5.74) is 2.27. The summed E-state index contributed by atoms with van der Waals surface area (Å²) in [5, 5.41) is 7.66. The Labute approximate surface area is 171 Å². The molecule has 3 rings (SSSR count). The molecule has 0 aliphatic carbocycles. The number of ether oxygens (including phenoxy) is 2. The number of aliphatic imine (C=N–C) groups is 1. The minimum absolute atomic E-state index is 0.